The summed E-state index contributed by atoms with van der Waals surface area (Å²) < 4.78 is 2.43. The van der Waals surface area contributed by atoms with Crippen molar-refractivity contribution < 1.29 is 4.58 Å². The molecule has 0 radical (unpaired) electrons. The van der Waals surface area contributed by atoms with Gasteiger partial charge >= 0.3 is 0 Å². The highest BCUT2D eigenvalue weighted by Crippen LogP contribution is 2.55. The Kier molecular flexibility index (Phi) is 7.35. The number of para-hydroxylation sites is 1. The van der Waals surface area contributed by atoms with Crippen LogP contribution in [0.25, 0.3) is 0 Å². The number of halogens is 1. The average molecular weight is 584 g/mol. The number of benzene rings is 4. The molecular weight excluding hydrogens is 544 g/mol. The van der Waals surface area contributed by atoms with Gasteiger partial charge in [0.05, 0.1) is 5.41 Å². The minimum Gasteiger partial charge on any atom is -0.347 e. The van der Waals surface area contributed by atoms with Gasteiger partial charge in [0.2, 0.25) is 5.69 Å². The van der Waals surface area contributed by atoms with Crippen LogP contribution in [0.1, 0.15) is 54.4 Å². The maximum absolute atomic E-state index is 6.58. The minimum atomic E-state index is -0.191. The summed E-state index contributed by atoms with van der Waals surface area (Å²) in [5.74, 6) is 0. The molecule has 1 fully saturated rings. The lowest BCUT2D eigenvalue weighted by Crippen LogP contribution is -2.39. The molecule has 2 nitrogen and oxygen atoms in total. The van der Waals surface area contributed by atoms with E-state index in [-0.39, 0.29) is 10.8 Å². The van der Waals surface area contributed by atoms with Crippen molar-refractivity contribution in [2.45, 2.75) is 55.8 Å². The fourth-order valence-corrected chi connectivity index (χ4v) is 8.48. The van der Waals surface area contributed by atoms with Crippen molar-refractivity contribution in [2.75, 3.05) is 19.0 Å². The molecule has 0 unspecified atom stereocenters. The molecule has 0 amide bonds. The first-order valence-electron chi connectivity index (χ1n) is 15.7. The predicted molar refractivity (Wildman–Crippen MR) is 181 cm³/mol. The fourth-order valence-electron chi connectivity index (χ4n) is 8.31. The minimum absolute atomic E-state index is 0.0396. The molecule has 0 saturated heterocycles. The molecule has 0 aromatic heterocycles. The highest BCUT2D eigenvalue weighted by Gasteiger charge is 2.50. The molecule has 1 saturated carbocycles. The van der Waals surface area contributed by atoms with Crippen LogP contribution < -0.4 is 4.90 Å². The lowest BCUT2D eigenvalue weighted by Gasteiger charge is -2.36. The molecule has 43 heavy (non-hydrogen) atoms. The van der Waals surface area contributed by atoms with Gasteiger partial charge in [-0.3, -0.25) is 0 Å². The van der Waals surface area contributed by atoms with Crippen molar-refractivity contribution in [1.82, 2.24) is 0 Å². The Morgan fingerprint density at radius 3 is 2.07 bits per heavy atom. The third-order valence-electron chi connectivity index (χ3n) is 10.2. The SMILES string of the molecule is CN1/C(=C/C=C/C2=[N+](C)c3ccccc3C2(Cc2ccccc2)Cc2ccccc2)C2(CCCCC2)c2cc(Cl)ccc21. The van der Waals surface area contributed by atoms with E-state index < -0.39 is 0 Å². The number of nitrogens with zero attached hydrogens (tertiary/aromatic N) is 2. The van der Waals surface area contributed by atoms with Crippen LogP contribution in [0.15, 0.2) is 127 Å². The molecule has 7 rings (SSSR count). The second-order valence-electron chi connectivity index (χ2n) is 12.6. The van der Waals surface area contributed by atoms with Gasteiger partial charge in [-0.15, -0.1) is 0 Å². The largest absolute Gasteiger partial charge is 0.347 e. The van der Waals surface area contributed by atoms with E-state index in [1.807, 2.05) is 6.07 Å². The van der Waals surface area contributed by atoms with E-state index in [0.29, 0.717) is 0 Å². The number of rotatable bonds is 6. The van der Waals surface area contributed by atoms with E-state index in [2.05, 4.69) is 139 Å². The molecule has 3 heteroatoms. The van der Waals surface area contributed by atoms with Gasteiger partial charge in [-0.05, 0) is 66.6 Å². The number of fused-ring (bicyclic) bond motifs is 3. The van der Waals surface area contributed by atoms with Crippen molar-refractivity contribution >= 4 is 28.7 Å². The molecule has 0 N–H and O–H groups in total. The quantitative estimate of drug-likeness (QED) is 0.205. The molecule has 4 aromatic rings. The number of anilines is 1. The zero-order valence-corrected chi connectivity index (χ0v) is 26.0. The molecule has 4 aromatic carbocycles. The summed E-state index contributed by atoms with van der Waals surface area (Å²) >= 11 is 6.58. The highest BCUT2D eigenvalue weighted by atomic mass is 35.5. The maximum atomic E-state index is 6.58. The average Bonchev–Trinajstić information content (AvgIpc) is 3.39. The summed E-state index contributed by atoms with van der Waals surface area (Å²) in [5.41, 5.74) is 10.7. The van der Waals surface area contributed by atoms with Crippen molar-refractivity contribution in [1.29, 1.82) is 0 Å². The topological polar surface area (TPSA) is 6.25 Å². The molecule has 2 heterocycles. The summed E-state index contributed by atoms with van der Waals surface area (Å²) in [6.07, 6.45) is 15.2. The van der Waals surface area contributed by atoms with Crippen LogP contribution in [-0.4, -0.2) is 24.4 Å². The molecule has 3 aliphatic rings. The first-order chi connectivity index (χ1) is 21.0. The molecule has 216 valence electrons. The second kappa shape index (κ2) is 11.3. The van der Waals surface area contributed by atoms with Crippen molar-refractivity contribution in [3.8, 4) is 0 Å². The summed E-state index contributed by atoms with van der Waals surface area (Å²) in [5, 5.41) is 0.835. The number of hydrogen-bond acceptors (Lipinski definition) is 1. The smallest absolute Gasteiger partial charge is 0.209 e. The van der Waals surface area contributed by atoms with Crippen LogP contribution in [0.2, 0.25) is 5.02 Å². The van der Waals surface area contributed by atoms with E-state index in [1.165, 1.54) is 77.1 Å². The Hall–Kier alpha value is -3.88. The van der Waals surface area contributed by atoms with Crippen molar-refractivity contribution in [3.05, 3.63) is 154 Å². The van der Waals surface area contributed by atoms with E-state index >= 15 is 0 Å². The first kappa shape index (κ1) is 27.9. The summed E-state index contributed by atoms with van der Waals surface area (Å²) in [7, 11) is 4.47. The van der Waals surface area contributed by atoms with Crippen LogP contribution in [0.5, 0.6) is 0 Å². The number of hydrogen-bond donors (Lipinski definition) is 0. The number of likely N-dealkylation sites (N-methyl/N-ethyl adjacent to an activating group) is 1. The zero-order valence-electron chi connectivity index (χ0n) is 25.3. The van der Waals surface area contributed by atoms with Gasteiger partial charge < -0.3 is 4.90 Å². The normalized spacial score (nSPS) is 19.4. The zero-order chi connectivity index (χ0) is 29.4. The number of allylic oxidation sites excluding steroid dienone is 4. The van der Waals surface area contributed by atoms with E-state index in [1.54, 1.807) is 0 Å². The van der Waals surface area contributed by atoms with Crippen molar-refractivity contribution in [3.63, 3.8) is 0 Å². The Morgan fingerprint density at radius 2 is 1.40 bits per heavy atom. The molecule has 2 aliphatic heterocycles. The monoisotopic (exact) mass is 583 g/mol. The molecule has 0 bridgehead atoms. The Morgan fingerprint density at radius 1 is 0.767 bits per heavy atom. The Labute approximate surface area is 261 Å². The third-order valence-corrected chi connectivity index (χ3v) is 10.5. The summed E-state index contributed by atoms with van der Waals surface area (Å²) in [6, 6.07) is 37.5. The van der Waals surface area contributed by atoms with Gasteiger partial charge in [0.15, 0.2) is 5.71 Å². The first-order valence-corrected chi connectivity index (χ1v) is 16.1. The predicted octanol–water partition coefficient (Wildman–Crippen LogP) is 9.58. The van der Waals surface area contributed by atoms with Crippen LogP contribution >= 0.6 is 11.6 Å². The second-order valence-corrected chi connectivity index (χ2v) is 13.1. The van der Waals surface area contributed by atoms with Gasteiger partial charge in [-0.1, -0.05) is 116 Å². The van der Waals surface area contributed by atoms with Gasteiger partial charge in [0.1, 0.15) is 7.05 Å². The van der Waals surface area contributed by atoms with E-state index in [4.69, 9.17) is 11.6 Å². The molecule has 1 aliphatic carbocycles. The van der Waals surface area contributed by atoms with Crippen LogP contribution in [-0.2, 0) is 23.7 Å². The Bertz CT molecular complexity index is 1680. The van der Waals surface area contributed by atoms with Gasteiger partial charge in [0.25, 0.3) is 0 Å². The van der Waals surface area contributed by atoms with Gasteiger partial charge in [-0.25, -0.2) is 0 Å². The lowest BCUT2D eigenvalue weighted by atomic mass is 9.68. The van der Waals surface area contributed by atoms with E-state index in [9.17, 15) is 0 Å². The summed E-state index contributed by atoms with van der Waals surface area (Å²) in [4.78, 5) is 2.42. The Balaban J connectivity index is 1.35. The third kappa shape index (κ3) is 4.77. The van der Waals surface area contributed by atoms with Crippen molar-refractivity contribution in [2.24, 2.45) is 0 Å². The molecular formula is C40H40ClN2+. The van der Waals surface area contributed by atoms with E-state index in [0.717, 1.165) is 17.9 Å². The summed E-state index contributed by atoms with van der Waals surface area (Å²) in [6.45, 7) is 0. The molecule has 1 spiro atoms. The standard InChI is InChI=1S/C40H40ClN2/c1-42-35-20-11-10-19-33(35)40(28-30-15-6-3-7-16-30,29-31-17-8-4-9-18-31)38(42)22-14-21-37-39(25-12-5-13-26-39)34-27-32(41)23-24-36(34)43(37)2/h3-4,6-11,14-24,27H,5,12-13,25-26,28-29H2,1-2H3/q+1. The molecule has 0 atom stereocenters. The van der Waals surface area contributed by atoms with Gasteiger partial charge in [-0.2, -0.15) is 4.58 Å². The van der Waals surface area contributed by atoms with Gasteiger partial charge in [0, 0.05) is 46.6 Å². The highest BCUT2D eigenvalue weighted by molar-refractivity contribution is 6.30. The lowest BCUT2D eigenvalue weighted by molar-refractivity contribution is -0.401. The van der Waals surface area contributed by atoms with Crippen LogP contribution in [0.4, 0.5) is 11.4 Å². The van der Waals surface area contributed by atoms with Crippen LogP contribution in [0, 0.1) is 0 Å². The van der Waals surface area contributed by atoms with Crippen LogP contribution in [0.3, 0.4) is 0 Å². The fraction of sp³-hybridized carbons (Fsp3) is 0.275. The maximum Gasteiger partial charge on any atom is 0.209 e.